The van der Waals surface area contributed by atoms with E-state index in [1.165, 1.54) is 17.7 Å². The van der Waals surface area contributed by atoms with Crippen LogP contribution in [0.3, 0.4) is 0 Å². The van der Waals surface area contributed by atoms with Crippen LogP contribution in [0.5, 0.6) is 5.75 Å². The van der Waals surface area contributed by atoms with Gasteiger partial charge in [0.05, 0.1) is 17.2 Å². The van der Waals surface area contributed by atoms with Gasteiger partial charge in [0.25, 0.3) is 10.0 Å². The lowest BCUT2D eigenvalue weighted by atomic mass is 10.2. The number of thioether (sulfide) groups is 1. The number of carbonyl (C=O) groups excluding carboxylic acids is 1. The highest BCUT2D eigenvalue weighted by atomic mass is 35.5. The molecule has 0 aliphatic heterocycles. The monoisotopic (exact) mass is 546 g/mol. The standard InChI is InChI=1S/C27H31ClN2O4S2/c1-3-34-25-13-15-26(16-14-25)36(32,33)30(24-11-5-21(2)6-12-24)19-27(31)29-17-4-18-35-20-22-7-9-23(28)10-8-22/h5-16H,3-4,17-20H2,1-2H3,(H,29,31). The van der Waals surface area contributed by atoms with Crippen LogP contribution < -0.4 is 14.4 Å². The van der Waals surface area contributed by atoms with E-state index in [9.17, 15) is 13.2 Å². The van der Waals surface area contributed by atoms with Crippen LogP contribution in [0.4, 0.5) is 5.69 Å². The zero-order valence-electron chi connectivity index (χ0n) is 20.4. The lowest BCUT2D eigenvalue weighted by Gasteiger charge is -2.24. The Morgan fingerprint density at radius 3 is 2.31 bits per heavy atom. The van der Waals surface area contributed by atoms with Crippen LogP contribution in [0.2, 0.25) is 5.02 Å². The van der Waals surface area contributed by atoms with Gasteiger partial charge in [0.15, 0.2) is 0 Å². The first-order valence-electron chi connectivity index (χ1n) is 11.7. The highest BCUT2D eigenvalue weighted by Gasteiger charge is 2.27. The fraction of sp³-hybridized carbons (Fsp3) is 0.296. The molecule has 1 N–H and O–H groups in total. The number of anilines is 1. The fourth-order valence-corrected chi connectivity index (χ4v) is 5.85. The largest absolute Gasteiger partial charge is 0.494 e. The summed E-state index contributed by atoms with van der Waals surface area (Å²) in [7, 11) is -3.96. The van der Waals surface area contributed by atoms with E-state index in [0.29, 0.717) is 24.6 Å². The first-order chi connectivity index (χ1) is 17.3. The quantitative estimate of drug-likeness (QED) is 0.279. The van der Waals surface area contributed by atoms with Crippen molar-refractivity contribution >= 4 is 45.0 Å². The SMILES string of the molecule is CCOc1ccc(S(=O)(=O)N(CC(=O)NCCCSCc2ccc(Cl)cc2)c2ccc(C)cc2)cc1. The number of nitrogens with zero attached hydrogens (tertiary/aromatic N) is 1. The van der Waals surface area contributed by atoms with E-state index < -0.39 is 10.0 Å². The highest BCUT2D eigenvalue weighted by Crippen LogP contribution is 2.25. The number of aryl methyl sites for hydroxylation is 1. The number of rotatable bonds is 13. The number of halogens is 1. The average Bonchev–Trinajstić information content (AvgIpc) is 2.87. The maximum absolute atomic E-state index is 13.5. The predicted molar refractivity (Wildman–Crippen MR) is 149 cm³/mol. The van der Waals surface area contributed by atoms with Crippen molar-refractivity contribution in [3.05, 3.63) is 88.9 Å². The Hall–Kier alpha value is -2.68. The lowest BCUT2D eigenvalue weighted by molar-refractivity contribution is -0.119. The van der Waals surface area contributed by atoms with Crippen molar-refractivity contribution in [1.82, 2.24) is 5.32 Å². The van der Waals surface area contributed by atoms with E-state index in [-0.39, 0.29) is 17.3 Å². The lowest BCUT2D eigenvalue weighted by Crippen LogP contribution is -2.41. The third-order valence-corrected chi connectivity index (χ3v) is 8.46. The van der Waals surface area contributed by atoms with E-state index in [1.807, 2.05) is 50.2 Å². The summed E-state index contributed by atoms with van der Waals surface area (Å²) in [6.45, 7) is 4.43. The molecule has 0 radical (unpaired) electrons. The van der Waals surface area contributed by atoms with Crippen molar-refractivity contribution in [2.24, 2.45) is 0 Å². The van der Waals surface area contributed by atoms with E-state index >= 15 is 0 Å². The maximum Gasteiger partial charge on any atom is 0.264 e. The summed E-state index contributed by atoms with van der Waals surface area (Å²) in [5, 5.41) is 3.57. The van der Waals surface area contributed by atoms with Crippen LogP contribution in [-0.4, -0.2) is 39.8 Å². The molecule has 0 bridgehead atoms. The van der Waals surface area contributed by atoms with E-state index in [4.69, 9.17) is 16.3 Å². The van der Waals surface area contributed by atoms with Crippen molar-refractivity contribution in [2.75, 3.05) is 29.8 Å². The van der Waals surface area contributed by atoms with Gasteiger partial charge in [-0.3, -0.25) is 9.10 Å². The van der Waals surface area contributed by atoms with Gasteiger partial charge in [0, 0.05) is 17.3 Å². The molecule has 1 amide bonds. The molecule has 0 aliphatic rings. The van der Waals surface area contributed by atoms with Gasteiger partial charge < -0.3 is 10.1 Å². The third-order valence-electron chi connectivity index (χ3n) is 5.30. The molecule has 0 saturated carbocycles. The van der Waals surface area contributed by atoms with Gasteiger partial charge in [-0.05, 0) is 80.1 Å². The number of benzene rings is 3. The Morgan fingerprint density at radius 2 is 1.67 bits per heavy atom. The molecule has 0 aliphatic carbocycles. The first kappa shape index (κ1) is 27.9. The number of hydrogen-bond acceptors (Lipinski definition) is 5. The molecule has 0 atom stereocenters. The normalized spacial score (nSPS) is 11.2. The van der Waals surface area contributed by atoms with E-state index in [0.717, 1.165) is 32.8 Å². The number of amides is 1. The summed E-state index contributed by atoms with van der Waals surface area (Å²) in [5.41, 5.74) is 2.63. The topological polar surface area (TPSA) is 75.7 Å². The smallest absolute Gasteiger partial charge is 0.264 e. The summed E-state index contributed by atoms with van der Waals surface area (Å²) in [6, 6.07) is 21.1. The Morgan fingerprint density at radius 1 is 1.00 bits per heavy atom. The van der Waals surface area contributed by atoms with Crippen LogP contribution in [0.25, 0.3) is 0 Å². The van der Waals surface area contributed by atoms with Crippen molar-refractivity contribution < 1.29 is 17.9 Å². The van der Waals surface area contributed by atoms with Gasteiger partial charge in [0.2, 0.25) is 5.91 Å². The maximum atomic E-state index is 13.5. The van der Waals surface area contributed by atoms with Gasteiger partial charge in [-0.1, -0.05) is 41.4 Å². The molecule has 3 aromatic rings. The zero-order chi connectivity index (χ0) is 26.0. The summed E-state index contributed by atoms with van der Waals surface area (Å²) in [6.07, 6.45) is 0.778. The Labute approximate surface area is 223 Å². The van der Waals surface area contributed by atoms with Gasteiger partial charge in [0.1, 0.15) is 12.3 Å². The van der Waals surface area contributed by atoms with Crippen LogP contribution in [0.1, 0.15) is 24.5 Å². The van der Waals surface area contributed by atoms with Gasteiger partial charge in [-0.2, -0.15) is 11.8 Å². The molecule has 0 fully saturated rings. The minimum atomic E-state index is -3.96. The molecular weight excluding hydrogens is 516 g/mol. The van der Waals surface area contributed by atoms with Gasteiger partial charge in [-0.25, -0.2) is 8.42 Å². The molecule has 192 valence electrons. The second-order valence-corrected chi connectivity index (χ2v) is 11.5. The molecule has 9 heteroatoms. The zero-order valence-corrected chi connectivity index (χ0v) is 22.8. The highest BCUT2D eigenvalue weighted by molar-refractivity contribution is 7.98. The molecule has 0 spiro atoms. The minimum Gasteiger partial charge on any atom is -0.494 e. The Bertz CT molecular complexity index is 1220. The molecule has 3 aromatic carbocycles. The van der Waals surface area contributed by atoms with Crippen molar-refractivity contribution in [2.45, 2.75) is 30.9 Å². The summed E-state index contributed by atoms with van der Waals surface area (Å²) in [4.78, 5) is 12.8. The predicted octanol–water partition coefficient (Wildman–Crippen LogP) is 5.68. The Kier molecular flexibility index (Phi) is 10.5. The molecule has 0 heterocycles. The molecular formula is C27H31ClN2O4S2. The first-order valence-corrected chi connectivity index (χ1v) is 14.7. The summed E-state index contributed by atoms with van der Waals surface area (Å²) < 4.78 is 33.5. The second kappa shape index (κ2) is 13.6. The number of sulfonamides is 1. The number of nitrogens with one attached hydrogen (secondary N) is 1. The summed E-state index contributed by atoms with van der Waals surface area (Å²) >= 11 is 7.68. The van der Waals surface area contributed by atoms with Crippen LogP contribution >= 0.6 is 23.4 Å². The third kappa shape index (κ3) is 8.18. The van der Waals surface area contributed by atoms with Crippen molar-refractivity contribution in [3.8, 4) is 5.75 Å². The fourth-order valence-electron chi connectivity index (χ4n) is 3.39. The average molecular weight is 547 g/mol. The molecule has 0 unspecified atom stereocenters. The molecule has 0 aromatic heterocycles. The van der Waals surface area contributed by atoms with Crippen LogP contribution in [-0.2, 0) is 20.6 Å². The van der Waals surface area contributed by atoms with E-state index in [2.05, 4.69) is 5.32 Å². The number of ether oxygens (including phenoxy) is 1. The Balaban J connectivity index is 1.59. The van der Waals surface area contributed by atoms with Crippen molar-refractivity contribution in [3.63, 3.8) is 0 Å². The van der Waals surface area contributed by atoms with Crippen LogP contribution in [0, 0.1) is 6.92 Å². The number of carbonyl (C=O) groups is 1. The number of hydrogen-bond donors (Lipinski definition) is 1. The van der Waals surface area contributed by atoms with Crippen molar-refractivity contribution in [1.29, 1.82) is 0 Å². The minimum absolute atomic E-state index is 0.0953. The van der Waals surface area contributed by atoms with Crippen LogP contribution in [0.15, 0.2) is 77.7 Å². The molecule has 3 rings (SSSR count). The second-order valence-electron chi connectivity index (χ2n) is 8.13. The van der Waals surface area contributed by atoms with Gasteiger partial charge >= 0.3 is 0 Å². The summed E-state index contributed by atoms with van der Waals surface area (Å²) in [5.74, 6) is 1.97. The van der Waals surface area contributed by atoms with Gasteiger partial charge in [-0.15, -0.1) is 0 Å². The molecule has 0 saturated heterocycles. The molecule has 6 nitrogen and oxygen atoms in total. The van der Waals surface area contributed by atoms with E-state index in [1.54, 1.807) is 36.0 Å². The molecule has 36 heavy (non-hydrogen) atoms.